The molecule has 0 atom stereocenters. The molecule has 1 aromatic heterocycles. The van der Waals surface area contributed by atoms with Crippen molar-refractivity contribution in [3.8, 4) is 22.8 Å². The highest BCUT2D eigenvalue weighted by molar-refractivity contribution is 7.89. The molecule has 0 amide bonds. The first-order valence-electron chi connectivity index (χ1n) is 9.52. The Bertz CT molecular complexity index is 1220. The van der Waals surface area contributed by atoms with E-state index >= 15 is 0 Å². The number of nitrogens with one attached hydrogen (secondary N) is 1. The van der Waals surface area contributed by atoms with Crippen LogP contribution in [0, 0.1) is 0 Å². The molecule has 32 heavy (non-hydrogen) atoms. The van der Waals surface area contributed by atoms with Crippen LogP contribution in [0.3, 0.4) is 0 Å². The van der Waals surface area contributed by atoms with Gasteiger partial charge in [0.15, 0.2) is 11.5 Å². The Morgan fingerprint density at radius 3 is 2.41 bits per heavy atom. The van der Waals surface area contributed by atoms with Crippen LogP contribution in [0.5, 0.6) is 11.5 Å². The van der Waals surface area contributed by atoms with Crippen LogP contribution >= 0.6 is 0 Å². The summed E-state index contributed by atoms with van der Waals surface area (Å²) in [6, 6.07) is 14.3. The van der Waals surface area contributed by atoms with Crippen LogP contribution in [-0.2, 0) is 14.8 Å². The van der Waals surface area contributed by atoms with E-state index in [1.807, 2.05) is 0 Å². The number of methoxy groups -OCH3 is 2. The SMILES string of the molecule is CCOC(=O)c1ccc(-c2ccc(/C=N\NS(=O)(=O)c3ccc(OC)c(OC)c3)o2)cc1. The lowest BCUT2D eigenvalue weighted by Crippen LogP contribution is -2.18. The molecule has 0 saturated carbocycles. The smallest absolute Gasteiger partial charge is 0.338 e. The number of ether oxygens (including phenoxy) is 3. The van der Waals surface area contributed by atoms with Crippen LogP contribution in [0.1, 0.15) is 23.0 Å². The zero-order valence-corrected chi connectivity index (χ0v) is 18.5. The number of furan rings is 1. The normalized spacial score (nSPS) is 11.3. The van der Waals surface area contributed by atoms with Crippen molar-refractivity contribution in [1.29, 1.82) is 0 Å². The van der Waals surface area contributed by atoms with Crippen molar-refractivity contribution in [1.82, 2.24) is 4.83 Å². The predicted octanol–water partition coefficient (Wildman–Crippen LogP) is 3.45. The van der Waals surface area contributed by atoms with E-state index in [2.05, 4.69) is 9.93 Å². The van der Waals surface area contributed by atoms with Gasteiger partial charge in [0.2, 0.25) is 0 Å². The van der Waals surface area contributed by atoms with E-state index in [0.29, 0.717) is 29.4 Å². The molecule has 9 nitrogen and oxygen atoms in total. The molecule has 168 valence electrons. The molecule has 10 heteroatoms. The van der Waals surface area contributed by atoms with Gasteiger partial charge in [0.05, 0.1) is 37.5 Å². The van der Waals surface area contributed by atoms with Crippen molar-refractivity contribution in [2.45, 2.75) is 11.8 Å². The summed E-state index contributed by atoms with van der Waals surface area (Å²) in [6.07, 6.45) is 1.24. The van der Waals surface area contributed by atoms with Crippen molar-refractivity contribution in [3.63, 3.8) is 0 Å². The molecular weight excluding hydrogens is 436 g/mol. The van der Waals surface area contributed by atoms with Crippen molar-refractivity contribution in [2.75, 3.05) is 20.8 Å². The number of hydrazone groups is 1. The first kappa shape index (κ1) is 22.9. The zero-order valence-electron chi connectivity index (χ0n) is 17.7. The number of hydrogen-bond donors (Lipinski definition) is 1. The van der Waals surface area contributed by atoms with Crippen molar-refractivity contribution < 1.29 is 31.8 Å². The summed E-state index contributed by atoms with van der Waals surface area (Å²) in [7, 11) is -1.05. The fourth-order valence-corrected chi connectivity index (χ4v) is 3.56. The number of nitrogens with zero attached hydrogens (tertiary/aromatic N) is 1. The summed E-state index contributed by atoms with van der Waals surface area (Å²) < 4.78 is 45.8. The number of esters is 1. The average Bonchev–Trinajstić information content (AvgIpc) is 3.27. The first-order chi connectivity index (χ1) is 15.4. The third-order valence-corrected chi connectivity index (χ3v) is 5.56. The number of benzene rings is 2. The minimum absolute atomic E-state index is 0.0332. The highest BCUT2D eigenvalue weighted by Gasteiger charge is 2.16. The monoisotopic (exact) mass is 458 g/mol. The quantitative estimate of drug-likeness (QED) is 0.296. The van der Waals surface area contributed by atoms with Crippen LogP contribution < -0.4 is 14.3 Å². The van der Waals surface area contributed by atoms with Crippen molar-refractivity contribution >= 4 is 22.2 Å². The van der Waals surface area contributed by atoms with E-state index in [9.17, 15) is 13.2 Å². The number of sulfonamides is 1. The number of carbonyl (C=O) groups is 1. The van der Waals surface area contributed by atoms with Gasteiger partial charge in [0.1, 0.15) is 11.5 Å². The van der Waals surface area contributed by atoms with Crippen molar-refractivity contribution in [2.24, 2.45) is 5.10 Å². The third kappa shape index (κ3) is 5.27. The summed E-state index contributed by atoms with van der Waals surface area (Å²) in [6.45, 7) is 2.05. The number of carbonyl (C=O) groups excluding carboxylic acids is 1. The third-order valence-electron chi connectivity index (χ3n) is 4.34. The van der Waals surface area contributed by atoms with Crippen LogP contribution in [0.25, 0.3) is 11.3 Å². The molecule has 0 fully saturated rings. The molecule has 3 rings (SSSR count). The molecule has 0 radical (unpaired) electrons. The van der Waals surface area contributed by atoms with E-state index in [4.69, 9.17) is 18.6 Å². The largest absolute Gasteiger partial charge is 0.493 e. The van der Waals surface area contributed by atoms with Gasteiger partial charge >= 0.3 is 5.97 Å². The summed E-state index contributed by atoms with van der Waals surface area (Å²) in [5, 5.41) is 3.76. The average molecular weight is 458 g/mol. The van der Waals surface area contributed by atoms with E-state index in [1.54, 1.807) is 43.3 Å². The fraction of sp³-hybridized carbons (Fsp3) is 0.182. The van der Waals surface area contributed by atoms with E-state index in [0.717, 1.165) is 5.56 Å². The number of hydrogen-bond acceptors (Lipinski definition) is 8. The summed E-state index contributed by atoms with van der Waals surface area (Å²) in [5.41, 5.74) is 1.18. The van der Waals surface area contributed by atoms with E-state index in [-0.39, 0.29) is 10.6 Å². The van der Waals surface area contributed by atoms with Gasteiger partial charge in [-0.1, -0.05) is 12.1 Å². The lowest BCUT2D eigenvalue weighted by atomic mass is 10.1. The molecule has 2 aromatic carbocycles. The number of rotatable bonds is 9. The second-order valence-electron chi connectivity index (χ2n) is 6.37. The highest BCUT2D eigenvalue weighted by Crippen LogP contribution is 2.29. The second kappa shape index (κ2) is 10.0. The Kier molecular flexibility index (Phi) is 7.16. The highest BCUT2D eigenvalue weighted by atomic mass is 32.2. The second-order valence-corrected chi connectivity index (χ2v) is 8.03. The maximum absolute atomic E-state index is 12.5. The molecule has 0 aliphatic carbocycles. The first-order valence-corrected chi connectivity index (χ1v) is 11.0. The van der Waals surface area contributed by atoms with Gasteiger partial charge in [-0.2, -0.15) is 18.4 Å². The topological polar surface area (TPSA) is 116 Å². The van der Waals surface area contributed by atoms with Gasteiger partial charge in [-0.25, -0.2) is 4.79 Å². The lowest BCUT2D eigenvalue weighted by molar-refractivity contribution is 0.0526. The molecule has 0 bridgehead atoms. The van der Waals surface area contributed by atoms with Gasteiger partial charge < -0.3 is 18.6 Å². The molecule has 1 heterocycles. The maximum atomic E-state index is 12.5. The van der Waals surface area contributed by atoms with Crippen LogP contribution in [-0.4, -0.2) is 41.4 Å². The molecule has 0 spiro atoms. The summed E-state index contributed by atoms with van der Waals surface area (Å²) >= 11 is 0. The molecule has 0 aliphatic rings. The van der Waals surface area contributed by atoms with Crippen LogP contribution in [0.2, 0.25) is 0 Å². The Labute approximate surface area is 185 Å². The zero-order chi connectivity index (χ0) is 23.1. The maximum Gasteiger partial charge on any atom is 0.338 e. The van der Waals surface area contributed by atoms with E-state index in [1.165, 1.54) is 38.6 Å². The molecular formula is C22H22N2O7S. The summed E-state index contributed by atoms with van der Waals surface area (Å²) in [5.74, 6) is 1.17. The molecule has 1 N–H and O–H groups in total. The van der Waals surface area contributed by atoms with E-state index < -0.39 is 16.0 Å². The molecule has 0 saturated heterocycles. The van der Waals surface area contributed by atoms with Crippen molar-refractivity contribution in [3.05, 3.63) is 65.9 Å². The van der Waals surface area contributed by atoms with Crippen LogP contribution in [0.15, 0.2) is 69.0 Å². The van der Waals surface area contributed by atoms with Gasteiger partial charge in [-0.05, 0) is 43.3 Å². The standard InChI is InChI=1S/C22H22N2O7S/c1-4-30-22(25)16-7-5-15(6-8-16)19-11-9-17(31-19)14-23-24-32(26,27)18-10-12-20(28-2)21(13-18)29-3/h5-14,24H,4H2,1-3H3/b23-14-. The molecule has 3 aromatic rings. The van der Waals surface area contributed by atoms with Gasteiger partial charge in [0.25, 0.3) is 10.0 Å². The van der Waals surface area contributed by atoms with Gasteiger partial charge in [-0.15, -0.1) is 0 Å². The summed E-state index contributed by atoms with van der Waals surface area (Å²) in [4.78, 5) is 13.8. The minimum atomic E-state index is -3.92. The molecule has 0 unspecified atom stereocenters. The Hall–Kier alpha value is -3.79. The van der Waals surface area contributed by atoms with Crippen LogP contribution in [0.4, 0.5) is 0 Å². The predicted molar refractivity (Wildman–Crippen MR) is 118 cm³/mol. The Morgan fingerprint density at radius 1 is 1.03 bits per heavy atom. The minimum Gasteiger partial charge on any atom is -0.493 e. The lowest BCUT2D eigenvalue weighted by Gasteiger charge is -2.09. The molecule has 0 aliphatic heterocycles. The fourth-order valence-electron chi connectivity index (χ4n) is 2.76. The Balaban J connectivity index is 1.69. The van der Waals surface area contributed by atoms with Gasteiger partial charge in [-0.3, -0.25) is 0 Å². The Morgan fingerprint density at radius 2 is 1.75 bits per heavy atom. The van der Waals surface area contributed by atoms with Gasteiger partial charge in [0, 0.05) is 11.6 Å².